The Bertz CT molecular complexity index is 500. The third-order valence-corrected chi connectivity index (χ3v) is 2.21. The van der Waals surface area contributed by atoms with Crippen molar-refractivity contribution in [2.45, 2.75) is 13.5 Å². The minimum Gasteiger partial charge on any atom is -0.490 e. The van der Waals surface area contributed by atoms with Crippen molar-refractivity contribution in [1.82, 2.24) is 9.97 Å². The predicted octanol–water partition coefficient (Wildman–Crippen LogP) is 2.16. The Hall–Kier alpha value is -2.14. The second-order valence-electron chi connectivity index (χ2n) is 3.49. The first-order chi connectivity index (χ1) is 8.83. The number of aromatic nitrogens is 2. The van der Waals surface area contributed by atoms with Crippen LogP contribution in [0.4, 0.5) is 0 Å². The second-order valence-corrected chi connectivity index (χ2v) is 3.49. The third-order valence-electron chi connectivity index (χ3n) is 2.21. The summed E-state index contributed by atoms with van der Waals surface area (Å²) >= 11 is 0. The molecule has 0 radical (unpaired) electrons. The van der Waals surface area contributed by atoms with Gasteiger partial charge in [0.25, 0.3) is 0 Å². The van der Waals surface area contributed by atoms with E-state index in [2.05, 4.69) is 9.97 Å². The van der Waals surface area contributed by atoms with Gasteiger partial charge in [-0.2, -0.15) is 0 Å². The fourth-order valence-corrected chi connectivity index (χ4v) is 1.40. The number of hydrogen-bond donors (Lipinski definition) is 1. The molecule has 0 atom stereocenters. The molecule has 1 heterocycles. The zero-order valence-corrected chi connectivity index (χ0v) is 10.0. The van der Waals surface area contributed by atoms with Crippen LogP contribution < -0.4 is 9.47 Å². The zero-order valence-electron chi connectivity index (χ0n) is 10.0. The van der Waals surface area contributed by atoms with Crippen LogP contribution in [0.3, 0.4) is 0 Å². The molecule has 0 aliphatic heterocycles. The SMILES string of the molecule is CCOc1ccccc1Oc1cnc(CO)cn1. The normalized spacial score (nSPS) is 10.1. The average molecular weight is 246 g/mol. The molecule has 1 aromatic heterocycles. The maximum atomic E-state index is 8.87. The molecule has 0 saturated heterocycles. The van der Waals surface area contributed by atoms with E-state index in [0.717, 1.165) is 0 Å². The van der Waals surface area contributed by atoms with E-state index >= 15 is 0 Å². The molecular weight excluding hydrogens is 232 g/mol. The van der Waals surface area contributed by atoms with Crippen molar-refractivity contribution in [3.05, 3.63) is 42.4 Å². The molecule has 0 aliphatic carbocycles. The summed E-state index contributed by atoms with van der Waals surface area (Å²) < 4.78 is 11.0. The summed E-state index contributed by atoms with van der Waals surface area (Å²) in [7, 11) is 0. The molecule has 0 unspecified atom stereocenters. The molecule has 0 saturated carbocycles. The van der Waals surface area contributed by atoms with Gasteiger partial charge in [0.2, 0.25) is 5.88 Å². The molecule has 1 aromatic carbocycles. The van der Waals surface area contributed by atoms with Crippen molar-refractivity contribution in [3.8, 4) is 17.4 Å². The highest BCUT2D eigenvalue weighted by molar-refractivity contribution is 5.41. The monoisotopic (exact) mass is 246 g/mol. The lowest BCUT2D eigenvalue weighted by molar-refractivity contribution is 0.275. The van der Waals surface area contributed by atoms with Crippen LogP contribution in [0, 0.1) is 0 Å². The van der Waals surface area contributed by atoms with Gasteiger partial charge >= 0.3 is 0 Å². The maximum Gasteiger partial charge on any atom is 0.238 e. The first kappa shape index (κ1) is 12.3. The number of para-hydroxylation sites is 2. The van der Waals surface area contributed by atoms with Gasteiger partial charge in [-0.25, -0.2) is 4.98 Å². The summed E-state index contributed by atoms with van der Waals surface area (Å²) in [6.45, 7) is 2.34. The molecule has 0 amide bonds. The van der Waals surface area contributed by atoms with Crippen LogP contribution in [0.5, 0.6) is 17.4 Å². The minimum atomic E-state index is -0.136. The van der Waals surface area contributed by atoms with Gasteiger partial charge in [-0.05, 0) is 19.1 Å². The second kappa shape index (κ2) is 5.97. The van der Waals surface area contributed by atoms with E-state index in [1.54, 1.807) is 6.07 Å². The van der Waals surface area contributed by atoms with Crippen LogP contribution in [0.2, 0.25) is 0 Å². The molecule has 0 aliphatic rings. The van der Waals surface area contributed by atoms with E-state index in [4.69, 9.17) is 14.6 Å². The van der Waals surface area contributed by atoms with Crippen molar-refractivity contribution in [3.63, 3.8) is 0 Å². The van der Waals surface area contributed by atoms with Gasteiger partial charge in [0.1, 0.15) is 0 Å². The first-order valence-electron chi connectivity index (χ1n) is 5.65. The van der Waals surface area contributed by atoms with Crippen LogP contribution in [-0.2, 0) is 6.61 Å². The number of aliphatic hydroxyl groups is 1. The van der Waals surface area contributed by atoms with Gasteiger partial charge < -0.3 is 14.6 Å². The topological polar surface area (TPSA) is 64.5 Å². The van der Waals surface area contributed by atoms with Crippen molar-refractivity contribution >= 4 is 0 Å². The number of rotatable bonds is 5. The Kier molecular flexibility index (Phi) is 4.09. The average Bonchev–Trinajstić information content (AvgIpc) is 2.42. The molecule has 94 valence electrons. The highest BCUT2D eigenvalue weighted by atomic mass is 16.5. The molecule has 1 N–H and O–H groups in total. The minimum absolute atomic E-state index is 0.136. The number of aliphatic hydroxyl groups excluding tert-OH is 1. The lowest BCUT2D eigenvalue weighted by atomic mass is 10.3. The number of nitrogens with zero attached hydrogens (tertiary/aromatic N) is 2. The Balaban J connectivity index is 2.17. The summed E-state index contributed by atoms with van der Waals surface area (Å²) in [4.78, 5) is 8.04. The van der Waals surface area contributed by atoms with Crippen molar-refractivity contribution in [2.24, 2.45) is 0 Å². The fraction of sp³-hybridized carbons (Fsp3) is 0.231. The van der Waals surface area contributed by atoms with E-state index in [9.17, 15) is 0 Å². The summed E-state index contributed by atoms with van der Waals surface area (Å²) in [5.74, 6) is 1.61. The lowest BCUT2D eigenvalue weighted by Gasteiger charge is -2.10. The standard InChI is InChI=1S/C13H14N2O3/c1-2-17-11-5-3-4-6-12(11)18-13-8-14-10(9-16)7-15-13/h3-8,16H,2,9H2,1H3. The van der Waals surface area contributed by atoms with Gasteiger partial charge in [0.05, 0.1) is 31.3 Å². The smallest absolute Gasteiger partial charge is 0.238 e. The Morgan fingerprint density at radius 1 is 1.11 bits per heavy atom. The highest BCUT2D eigenvalue weighted by Crippen LogP contribution is 2.29. The molecule has 18 heavy (non-hydrogen) atoms. The van der Waals surface area contributed by atoms with Gasteiger partial charge in [0, 0.05) is 0 Å². The van der Waals surface area contributed by atoms with Crippen LogP contribution in [0.1, 0.15) is 12.6 Å². The van der Waals surface area contributed by atoms with E-state index in [-0.39, 0.29) is 6.61 Å². The number of ether oxygens (including phenoxy) is 2. The quantitative estimate of drug-likeness (QED) is 0.875. The van der Waals surface area contributed by atoms with Crippen molar-refractivity contribution in [2.75, 3.05) is 6.61 Å². The fourth-order valence-electron chi connectivity index (χ4n) is 1.40. The Morgan fingerprint density at radius 3 is 2.50 bits per heavy atom. The van der Waals surface area contributed by atoms with E-state index in [0.29, 0.717) is 29.7 Å². The summed E-state index contributed by atoms with van der Waals surface area (Å²) in [5, 5.41) is 8.87. The Morgan fingerprint density at radius 2 is 1.89 bits per heavy atom. The summed E-state index contributed by atoms with van der Waals surface area (Å²) in [6.07, 6.45) is 2.94. The van der Waals surface area contributed by atoms with Crippen molar-refractivity contribution < 1.29 is 14.6 Å². The first-order valence-corrected chi connectivity index (χ1v) is 5.65. The third kappa shape index (κ3) is 2.95. The van der Waals surface area contributed by atoms with E-state index in [1.807, 2.05) is 25.1 Å². The Labute approximate surface area is 105 Å². The maximum absolute atomic E-state index is 8.87. The van der Waals surface area contributed by atoms with Crippen molar-refractivity contribution in [1.29, 1.82) is 0 Å². The molecule has 0 bridgehead atoms. The van der Waals surface area contributed by atoms with E-state index in [1.165, 1.54) is 12.4 Å². The largest absolute Gasteiger partial charge is 0.490 e. The molecule has 0 fully saturated rings. The highest BCUT2D eigenvalue weighted by Gasteiger charge is 2.06. The summed E-state index contributed by atoms with van der Waals surface area (Å²) in [6, 6.07) is 7.35. The molecule has 0 spiro atoms. The predicted molar refractivity (Wildman–Crippen MR) is 65.6 cm³/mol. The van der Waals surface area contributed by atoms with E-state index < -0.39 is 0 Å². The van der Waals surface area contributed by atoms with Gasteiger partial charge in [0.15, 0.2) is 11.5 Å². The molecule has 2 aromatic rings. The summed E-state index contributed by atoms with van der Waals surface area (Å²) in [5.41, 5.74) is 0.500. The molecule has 5 nitrogen and oxygen atoms in total. The van der Waals surface area contributed by atoms with Gasteiger partial charge in [-0.3, -0.25) is 4.98 Å². The number of hydrogen-bond acceptors (Lipinski definition) is 5. The van der Waals surface area contributed by atoms with Crippen LogP contribution >= 0.6 is 0 Å². The van der Waals surface area contributed by atoms with Gasteiger partial charge in [-0.1, -0.05) is 12.1 Å². The molecular formula is C13H14N2O3. The molecule has 2 rings (SSSR count). The lowest BCUT2D eigenvalue weighted by Crippen LogP contribution is -1.97. The zero-order chi connectivity index (χ0) is 12.8. The molecule has 5 heteroatoms. The van der Waals surface area contributed by atoms with Crippen LogP contribution in [-0.4, -0.2) is 21.7 Å². The number of benzene rings is 1. The van der Waals surface area contributed by atoms with Crippen LogP contribution in [0.25, 0.3) is 0 Å². The van der Waals surface area contributed by atoms with Gasteiger partial charge in [-0.15, -0.1) is 0 Å². The van der Waals surface area contributed by atoms with Crippen LogP contribution in [0.15, 0.2) is 36.7 Å².